The maximum absolute atomic E-state index is 6.25. The van der Waals surface area contributed by atoms with Crippen molar-refractivity contribution in [2.24, 2.45) is 11.7 Å². The van der Waals surface area contributed by atoms with Gasteiger partial charge in [0.1, 0.15) is 5.75 Å². The van der Waals surface area contributed by atoms with Gasteiger partial charge in [-0.1, -0.05) is 25.0 Å². The molecule has 0 radical (unpaired) electrons. The zero-order valence-corrected chi connectivity index (χ0v) is 10.4. The molecule has 1 aromatic carbocycles. The Morgan fingerprint density at radius 1 is 1.38 bits per heavy atom. The largest absolute Gasteiger partial charge is 0.496 e. The first-order chi connectivity index (χ1) is 7.63. The van der Waals surface area contributed by atoms with Crippen LogP contribution in [0.15, 0.2) is 12.1 Å². The van der Waals surface area contributed by atoms with Crippen molar-refractivity contribution in [2.45, 2.75) is 39.2 Å². The van der Waals surface area contributed by atoms with Crippen molar-refractivity contribution in [1.29, 1.82) is 0 Å². The van der Waals surface area contributed by atoms with Gasteiger partial charge in [-0.05, 0) is 37.3 Å². The highest BCUT2D eigenvalue weighted by atomic mass is 16.5. The van der Waals surface area contributed by atoms with Gasteiger partial charge in [-0.25, -0.2) is 0 Å². The molecule has 1 atom stereocenters. The first kappa shape index (κ1) is 11.5. The Labute approximate surface area is 97.8 Å². The van der Waals surface area contributed by atoms with Crippen molar-refractivity contribution in [3.05, 3.63) is 28.8 Å². The molecule has 0 spiro atoms. The van der Waals surface area contributed by atoms with Crippen LogP contribution in [0.4, 0.5) is 0 Å². The summed E-state index contributed by atoms with van der Waals surface area (Å²) in [6.45, 7) is 4.20. The van der Waals surface area contributed by atoms with Gasteiger partial charge in [-0.15, -0.1) is 0 Å². The fourth-order valence-corrected chi connectivity index (χ4v) is 2.21. The Bertz CT molecular complexity index is 383. The van der Waals surface area contributed by atoms with E-state index in [1.165, 1.54) is 24.0 Å². The lowest BCUT2D eigenvalue weighted by Gasteiger charge is -2.18. The molecular formula is C14H21NO. The van der Waals surface area contributed by atoms with Crippen LogP contribution in [0, 0.1) is 19.8 Å². The Morgan fingerprint density at radius 2 is 2.06 bits per heavy atom. The second-order valence-corrected chi connectivity index (χ2v) is 4.92. The van der Waals surface area contributed by atoms with Gasteiger partial charge in [0.05, 0.1) is 7.11 Å². The quantitative estimate of drug-likeness (QED) is 0.844. The summed E-state index contributed by atoms with van der Waals surface area (Å²) in [5.41, 5.74) is 9.89. The molecule has 0 saturated heterocycles. The van der Waals surface area contributed by atoms with Crippen LogP contribution < -0.4 is 10.5 Å². The smallest absolute Gasteiger partial charge is 0.126 e. The van der Waals surface area contributed by atoms with Crippen LogP contribution in [0.5, 0.6) is 5.75 Å². The molecule has 0 amide bonds. The molecule has 16 heavy (non-hydrogen) atoms. The molecule has 2 heteroatoms. The molecule has 88 valence electrons. The Morgan fingerprint density at radius 3 is 2.62 bits per heavy atom. The molecule has 1 aliphatic carbocycles. The standard InChI is InChI=1S/C14H21NO/c1-9-4-7-12(14(16-3)10(9)2)13(15)8-11-5-6-11/h4,7,11,13H,5-6,8,15H2,1-3H3. The van der Waals surface area contributed by atoms with Gasteiger partial charge in [-0.3, -0.25) is 0 Å². The zero-order valence-electron chi connectivity index (χ0n) is 10.4. The number of rotatable bonds is 4. The summed E-state index contributed by atoms with van der Waals surface area (Å²) in [6.07, 6.45) is 3.79. The summed E-state index contributed by atoms with van der Waals surface area (Å²) in [5.74, 6) is 1.83. The molecule has 2 nitrogen and oxygen atoms in total. The van der Waals surface area contributed by atoms with E-state index in [0.29, 0.717) is 0 Å². The van der Waals surface area contributed by atoms with E-state index in [9.17, 15) is 0 Å². The van der Waals surface area contributed by atoms with Crippen LogP contribution in [0.25, 0.3) is 0 Å². The van der Waals surface area contributed by atoms with Gasteiger partial charge in [0.2, 0.25) is 0 Å². The van der Waals surface area contributed by atoms with Crippen LogP contribution in [0.3, 0.4) is 0 Å². The Hall–Kier alpha value is -1.02. The molecule has 1 saturated carbocycles. The van der Waals surface area contributed by atoms with Gasteiger partial charge >= 0.3 is 0 Å². The van der Waals surface area contributed by atoms with E-state index in [2.05, 4.69) is 26.0 Å². The zero-order chi connectivity index (χ0) is 11.7. The maximum atomic E-state index is 6.25. The molecule has 1 fully saturated rings. The van der Waals surface area contributed by atoms with E-state index >= 15 is 0 Å². The predicted octanol–water partition coefficient (Wildman–Crippen LogP) is 3.11. The Balaban J connectivity index is 2.27. The molecule has 2 rings (SSSR count). The second kappa shape index (κ2) is 4.46. The average molecular weight is 219 g/mol. The maximum Gasteiger partial charge on any atom is 0.126 e. The van der Waals surface area contributed by atoms with Crippen LogP contribution in [-0.4, -0.2) is 7.11 Å². The lowest BCUT2D eigenvalue weighted by molar-refractivity contribution is 0.399. The fraction of sp³-hybridized carbons (Fsp3) is 0.571. The normalized spacial score (nSPS) is 17.2. The third kappa shape index (κ3) is 2.22. The second-order valence-electron chi connectivity index (χ2n) is 4.92. The number of aryl methyl sites for hydroxylation is 1. The van der Waals surface area contributed by atoms with E-state index in [1.54, 1.807) is 7.11 Å². The number of nitrogens with two attached hydrogens (primary N) is 1. The molecule has 1 unspecified atom stereocenters. The highest BCUT2D eigenvalue weighted by Gasteiger charge is 2.26. The minimum Gasteiger partial charge on any atom is -0.496 e. The minimum atomic E-state index is 0.127. The summed E-state index contributed by atoms with van der Waals surface area (Å²) < 4.78 is 5.50. The number of hydrogen-bond donors (Lipinski definition) is 1. The summed E-state index contributed by atoms with van der Waals surface area (Å²) in [5, 5.41) is 0. The highest BCUT2D eigenvalue weighted by molar-refractivity contribution is 5.46. The molecule has 0 aromatic heterocycles. The van der Waals surface area contributed by atoms with Gasteiger partial charge in [0.25, 0.3) is 0 Å². The topological polar surface area (TPSA) is 35.2 Å². The third-order valence-electron chi connectivity index (χ3n) is 3.59. The van der Waals surface area contributed by atoms with Crippen molar-refractivity contribution < 1.29 is 4.74 Å². The van der Waals surface area contributed by atoms with Gasteiger partial charge < -0.3 is 10.5 Å². The van der Waals surface area contributed by atoms with Crippen molar-refractivity contribution in [2.75, 3.05) is 7.11 Å². The van der Waals surface area contributed by atoms with E-state index < -0.39 is 0 Å². The minimum absolute atomic E-state index is 0.127. The van der Waals surface area contributed by atoms with Crippen molar-refractivity contribution in [3.63, 3.8) is 0 Å². The molecule has 1 aromatic rings. The molecule has 0 bridgehead atoms. The van der Waals surface area contributed by atoms with Crippen molar-refractivity contribution >= 4 is 0 Å². The first-order valence-corrected chi connectivity index (χ1v) is 6.03. The van der Waals surface area contributed by atoms with E-state index in [0.717, 1.165) is 23.7 Å². The summed E-state index contributed by atoms with van der Waals surface area (Å²) in [6, 6.07) is 4.38. The summed E-state index contributed by atoms with van der Waals surface area (Å²) in [7, 11) is 1.73. The van der Waals surface area contributed by atoms with E-state index in [4.69, 9.17) is 10.5 Å². The number of methoxy groups -OCH3 is 1. The van der Waals surface area contributed by atoms with Crippen LogP contribution in [0.2, 0.25) is 0 Å². The SMILES string of the molecule is COc1c(C(N)CC2CC2)ccc(C)c1C. The van der Waals surface area contributed by atoms with Crippen LogP contribution >= 0.6 is 0 Å². The summed E-state index contributed by atoms with van der Waals surface area (Å²) >= 11 is 0. The lowest BCUT2D eigenvalue weighted by Crippen LogP contribution is -2.13. The molecular weight excluding hydrogens is 198 g/mol. The van der Waals surface area contributed by atoms with Crippen molar-refractivity contribution in [1.82, 2.24) is 0 Å². The Kier molecular flexibility index (Phi) is 3.20. The van der Waals surface area contributed by atoms with Gasteiger partial charge in [0, 0.05) is 11.6 Å². The van der Waals surface area contributed by atoms with Gasteiger partial charge in [0.15, 0.2) is 0 Å². The monoisotopic (exact) mass is 219 g/mol. The molecule has 0 aliphatic heterocycles. The number of hydrogen-bond acceptors (Lipinski definition) is 2. The lowest BCUT2D eigenvalue weighted by atomic mass is 9.96. The van der Waals surface area contributed by atoms with E-state index in [-0.39, 0.29) is 6.04 Å². The van der Waals surface area contributed by atoms with E-state index in [1.807, 2.05) is 0 Å². The highest BCUT2D eigenvalue weighted by Crippen LogP contribution is 2.39. The van der Waals surface area contributed by atoms with Gasteiger partial charge in [-0.2, -0.15) is 0 Å². The molecule has 2 N–H and O–H groups in total. The third-order valence-corrected chi connectivity index (χ3v) is 3.59. The number of ether oxygens (including phenoxy) is 1. The fourth-order valence-electron chi connectivity index (χ4n) is 2.21. The van der Waals surface area contributed by atoms with Crippen molar-refractivity contribution in [3.8, 4) is 5.75 Å². The first-order valence-electron chi connectivity index (χ1n) is 6.03. The average Bonchev–Trinajstić information content (AvgIpc) is 3.05. The van der Waals surface area contributed by atoms with Crippen LogP contribution in [-0.2, 0) is 0 Å². The molecule has 1 aliphatic rings. The molecule has 0 heterocycles. The van der Waals surface area contributed by atoms with Crippen LogP contribution in [0.1, 0.15) is 42.0 Å². The number of benzene rings is 1. The summed E-state index contributed by atoms with van der Waals surface area (Å²) in [4.78, 5) is 0. The predicted molar refractivity (Wildman–Crippen MR) is 66.7 cm³/mol.